The molecule has 3 N–H and O–H groups in total. The van der Waals surface area contributed by atoms with Gasteiger partial charge in [-0.2, -0.15) is 5.26 Å². The number of pyridine rings is 1. The van der Waals surface area contributed by atoms with E-state index in [1.54, 1.807) is 6.07 Å². The van der Waals surface area contributed by atoms with Crippen LogP contribution in [-0.4, -0.2) is 10.1 Å². The molecule has 0 unspecified atom stereocenters. The Morgan fingerprint density at radius 3 is 2.92 bits per heavy atom. The molecule has 0 aliphatic rings. The molecule has 58 valence electrons. The quantitative estimate of drug-likeness (QED) is 0.531. The Labute approximate surface area is 69.3 Å². The second-order valence-corrected chi connectivity index (χ2v) is 1.99. The first-order valence-electron chi connectivity index (χ1n) is 3.08. The van der Waals surface area contributed by atoms with Crippen molar-refractivity contribution in [2.24, 2.45) is 0 Å². The number of nitrogens with two attached hydrogens (primary N) is 1. The van der Waals surface area contributed by atoms with Crippen molar-refractivity contribution in [3.63, 3.8) is 0 Å². The Bertz CT molecular complexity index is 395. The topological polar surface area (TPSA) is 82.9 Å². The number of anilines is 1. The molecular formula is C8H5N3O. The van der Waals surface area contributed by atoms with Gasteiger partial charge in [0.25, 0.3) is 0 Å². The summed E-state index contributed by atoms with van der Waals surface area (Å²) < 4.78 is 0. The van der Waals surface area contributed by atoms with Crippen LogP contribution in [0.25, 0.3) is 0 Å². The minimum absolute atomic E-state index is 0.0532. The standard InChI is InChI=1S/C8H5N3O/c9-3-1-2-6-4-7(12)8(10)11-5-6/h4-5,12H,(H2,10,11). The van der Waals surface area contributed by atoms with E-state index in [4.69, 9.17) is 16.1 Å². The van der Waals surface area contributed by atoms with Crippen LogP contribution >= 0.6 is 0 Å². The predicted octanol–water partition coefficient (Wildman–Crippen LogP) is 0.244. The first kappa shape index (κ1) is 7.90. The fourth-order valence-electron chi connectivity index (χ4n) is 0.632. The Balaban J connectivity index is 3.07. The summed E-state index contributed by atoms with van der Waals surface area (Å²) in [5.74, 6) is 4.58. The molecule has 1 aromatic rings. The molecule has 1 aromatic heterocycles. The van der Waals surface area contributed by atoms with E-state index < -0.39 is 0 Å². The smallest absolute Gasteiger partial charge is 0.165 e. The van der Waals surface area contributed by atoms with Gasteiger partial charge in [-0.3, -0.25) is 0 Å². The van der Waals surface area contributed by atoms with Crippen LogP contribution in [0.4, 0.5) is 5.82 Å². The SMILES string of the molecule is N#CC#Cc1cnc(N)c(O)c1. The Morgan fingerprint density at radius 1 is 1.58 bits per heavy atom. The number of aromatic nitrogens is 1. The van der Waals surface area contributed by atoms with E-state index in [0.29, 0.717) is 5.56 Å². The van der Waals surface area contributed by atoms with Gasteiger partial charge in [0.1, 0.15) is 0 Å². The minimum Gasteiger partial charge on any atom is -0.504 e. The molecule has 0 aromatic carbocycles. The van der Waals surface area contributed by atoms with Crippen molar-refractivity contribution in [1.82, 2.24) is 4.98 Å². The van der Waals surface area contributed by atoms with Gasteiger partial charge in [-0.15, -0.1) is 0 Å². The summed E-state index contributed by atoms with van der Waals surface area (Å²) in [5.41, 5.74) is 5.70. The maximum absolute atomic E-state index is 9.06. The summed E-state index contributed by atoms with van der Waals surface area (Å²) in [6, 6.07) is 3.00. The van der Waals surface area contributed by atoms with Crippen molar-refractivity contribution in [2.75, 3.05) is 5.73 Å². The first-order valence-corrected chi connectivity index (χ1v) is 3.08. The van der Waals surface area contributed by atoms with Crippen LogP contribution in [0.15, 0.2) is 12.3 Å². The Kier molecular flexibility index (Phi) is 2.15. The number of nitrogens with zero attached hydrogens (tertiary/aromatic N) is 2. The summed E-state index contributed by atoms with van der Waals surface area (Å²) in [6.07, 6.45) is 1.39. The number of nitriles is 1. The average Bonchev–Trinajstić information content (AvgIpc) is 2.07. The molecule has 1 rings (SSSR count). The number of aromatic hydroxyl groups is 1. The van der Waals surface area contributed by atoms with Gasteiger partial charge in [-0.25, -0.2) is 4.98 Å². The van der Waals surface area contributed by atoms with E-state index in [9.17, 15) is 0 Å². The zero-order valence-corrected chi connectivity index (χ0v) is 6.07. The van der Waals surface area contributed by atoms with Crippen molar-refractivity contribution in [2.45, 2.75) is 0 Å². The van der Waals surface area contributed by atoms with Crippen LogP contribution in [0, 0.1) is 23.2 Å². The fourth-order valence-corrected chi connectivity index (χ4v) is 0.632. The van der Waals surface area contributed by atoms with Gasteiger partial charge in [0.05, 0.1) is 0 Å². The van der Waals surface area contributed by atoms with Gasteiger partial charge < -0.3 is 10.8 Å². The molecule has 0 saturated carbocycles. The third-order valence-electron chi connectivity index (χ3n) is 1.16. The molecule has 0 amide bonds. The molecule has 0 bridgehead atoms. The first-order chi connectivity index (χ1) is 5.74. The van der Waals surface area contributed by atoms with Crippen LogP contribution in [-0.2, 0) is 0 Å². The van der Waals surface area contributed by atoms with Crippen molar-refractivity contribution in [3.05, 3.63) is 17.8 Å². The minimum atomic E-state index is -0.125. The summed E-state index contributed by atoms with van der Waals surface area (Å²) in [7, 11) is 0. The molecule has 0 spiro atoms. The molecule has 4 nitrogen and oxygen atoms in total. The second kappa shape index (κ2) is 3.27. The highest BCUT2D eigenvalue weighted by molar-refractivity contribution is 5.50. The van der Waals surface area contributed by atoms with Gasteiger partial charge in [-0.05, 0) is 5.92 Å². The van der Waals surface area contributed by atoms with Gasteiger partial charge in [0.2, 0.25) is 0 Å². The van der Waals surface area contributed by atoms with Gasteiger partial charge in [0.15, 0.2) is 17.6 Å². The maximum atomic E-state index is 9.06. The van der Waals surface area contributed by atoms with Crippen LogP contribution in [0.2, 0.25) is 0 Å². The number of nitrogen functional groups attached to an aromatic ring is 1. The van der Waals surface area contributed by atoms with Gasteiger partial charge >= 0.3 is 0 Å². The van der Waals surface area contributed by atoms with E-state index in [0.717, 1.165) is 0 Å². The average molecular weight is 159 g/mol. The molecule has 12 heavy (non-hydrogen) atoms. The molecule has 0 atom stereocenters. The monoisotopic (exact) mass is 159 g/mol. The molecule has 0 radical (unpaired) electrons. The van der Waals surface area contributed by atoms with E-state index >= 15 is 0 Å². The molecule has 0 aliphatic heterocycles. The molecule has 1 heterocycles. The van der Waals surface area contributed by atoms with Crippen molar-refractivity contribution in [1.29, 1.82) is 5.26 Å². The fraction of sp³-hybridized carbons (Fsp3) is 0. The summed E-state index contributed by atoms with van der Waals surface area (Å²) in [6.45, 7) is 0. The molecule has 0 saturated heterocycles. The van der Waals surface area contributed by atoms with Gasteiger partial charge in [0, 0.05) is 23.7 Å². The third kappa shape index (κ3) is 1.65. The second-order valence-electron chi connectivity index (χ2n) is 1.99. The normalized spacial score (nSPS) is 7.92. The van der Waals surface area contributed by atoms with Crippen LogP contribution < -0.4 is 5.73 Å². The summed E-state index contributed by atoms with van der Waals surface area (Å²) in [4.78, 5) is 3.65. The molecular weight excluding hydrogens is 154 g/mol. The molecule has 0 aliphatic carbocycles. The zero-order chi connectivity index (χ0) is 8.97. The van der Waals surface area contributed by atoms with Crippen LogP contribution in [0.5, 0.6) is 5.75 Å². The largest absolute Gasteiger partial charge is 0.504 e. The predicted molar refractivity (Wildman–Crippen MR) is 42.8 cm³/mol. The molecule has 0 fully saturated rings. The highest BCUT2D eigenvalue weighted by Crippen LogP contribution is 2.16. The lowest BCUT2D eigenvalue weighted by Crippen LogP contribution is -1.90. The number of rotatable bonds is 0. The van der Waals surface area contributed by atoms with E-state index in [2.05, 4.69) is 16.8 Å². The van der Waals surface area contributed by atoms with Crippen LogP contribution in [0.1, 0.15) is 5.56 Å². The van der Waals surface area contributed by atoms with Crippen LogP contribution in [0.3, 0.4) is 0 Å². The molecule has 4 heteroatoms. The zero-order valence-electron chi connectivity index (χ0n) is 6.07. The van der Waals surface area contributed by atoms with E-state index in [-0.39, 0.29) is 11.6 Å². The lowest BCUT2D eigenvalue weighted by Gasteiger charge is -1.95. The third-order valence-corrected chi connectivity index (χ3v) is 1.16. The van der Waals surface area contributed by atoms with E-state index in [1.165, 1.54) is 12.3 Å². The Morgan fingerprint density at radius 2 is 2.33 bits per heavy atom. The van der Waals surface area contributed by atoms with E-state index in [1.807, 2.05) is 0 Å². The highest BCUT2D eigenvalue weighted by atomic mass is 16.3. The highest BCUT2D eigenvalue weighted by Gasteiger charge is 1.96. The van der Waals surface area contributed by atoms with Gasteiger partial charge in [-0.1, -0.05) is 0 Å². The Hall–Kier alpha value is -2.20. The van der Waals surface area contributed by atoms with Crippen molar-refractivity contribution < 1.29 is 5.11 Å². The summed E-state index contributed by atoms with van der Waals surface area (Å²) in [5, 5.41) is 17.2. The van der Waals surface area contributed by atoms with Crippen molar-refractivity contribution >= 4 is 5.82 Å². The number of hydrogen-bond donors (Lipinski definition) is 2. The lowest BCUT2D eigenvalue weighted by molar-refractivity contribution is 0.475. The number of hydrogen-bond acceptors (Lipinski definition) is 4. The van der Waals surface area contributed by atoms with Crippen molar-refractivity contribution in [3.8, 4) is 23.7 Å². The lowest BCUT2D eigenvalue weighted by atomic mass is 10.3. The maximum Gasteiger partial charge on any atom is 0.165 e. The summed E-state index contributed by atoms with van der Waals surface area (Å²) >= 11 is 0.